The zero-order valence-electron chi connectivity index (χ0n) is 22.0. The minimum Gasteiger partial charge on any atom is -0.478 e. The van der Waals surface area contributed by atoms with Crippen LogP contribution >= 0.6 is 11.6 Å². The predicted octanol–water partition coefficient (Wildman–Crippen LogP) is 4.50. The van der Waals surface area contributed by atoms with E-state index in [-0.39, 0.29) is 18.1 Å². The van der Waals surface area contributed by atoms with Gasteiger partial charge in [0.25, 0.3) is 0 Å². The molecule has 3 heterocycles. The van der Waals surface area contributed by atoms with Crippen LogP contribution in [0.1, 0.15) is 39.8 Å². The van der Waals surface area contributed by atoms with Crippen molar-refractivity contribution in [2.75, 3.05) is 26.8 Å². The van der Waals surface area contributed by atoms with Crippen molar-refractivity contribution in [1.82, 2.24) is 19.4 Å². The number of aliphatic hydroxyl groups excluding tert-OH is 1. The van der Waals surface area contributed by atoms with Crippen LogP contribution in [0.2, 0.25) is 5.02 Å². The smallest absolute Gasteiger partial charge is 0.335 e. The van der Waals surface area contributed by atoms with Gasteiger partial charge in [-0.15, -0.1) is 0 Å². The number of aliphatic hydroxyl groups is 1. The van der Waals surface area contributed by atoms with E-state index in [9.17, 15) is 19.4 Å². The highest BCUT2D eigenvalue weighted by molar-refractivity contribution is 6.30. The maximum atomic E-state index is 14.1. The van der Waals surface area contributed by atoms with E-state index in [1.165, 1.54) is 6.07 Å². The van der Waals surface area contributed by atoms with Crippen molar-refractivity contribution < 1.29 is 28.9 Å². The maximum Gasteiger partial charge on any atom is 0.335 e. The van der Waals surface area contributed by atoms with Crippen molar-refractivity contribution in [3.8, 4) is 5.88 Å². The lowest BCUT2D eigenvalue weighted by atomic mass is 9.90. The molecule has 0 aliphatic carbocycles. The number of carboxylic acids is 1. The first kappa shape index (κ1) is 28.0. The first-order valence-electron chi connectivity index (χ1n) is 13.0. The number of carboxylic acid groups (broad SMARTS) is 1. The van der Waals surface area contributed by atoms with Gasteiger partial charge in [0.1, 0.15) is 18.2 Å². The Morgan fingerprint density at radius 3 is 2.77 bits per heavy atom. The van der Waals surface area contributed by atoms with E-state index in [0.29, 0.717) is 61.2 Å². The van der Waals surface area contributed by atoms with Crippen molar-refractivity contribution in [3.63, 3.8) is 0 Å². The molecule has 9 nitrogen and oxygen atoms in total. The minimum atomic E-state index is -0.992. The summed E-state index contributed by atoms with van der Waals surface area (Å²) in [6.45, 7) is 2.61. The number of likely N-dealkylation sites (tertiary alicyclic amines) is 1. The Balaban J connectivity index is 1.26. The molecule has 1 fully saturated rings. The van der Waals surface area contributed by atoms with Crippen LogP contribution in [-0.4, -0.2) is 68.5 Å². The number of hydrogen-bond donors (Lipinski definition) is 2. The number of nitrogens with zero attached hydrogens (tertiary/aromatic N) is 4. The Bertz CT molecular complexity index is 1510. The van der Waals surface area contributed by atoms with Crippen LogP contribution in [0.25, 0.3) is 11.0 Å². The second-order valence-corrected chi connectivity index (χ2v) is 10.2. The van der Waals surface area contributed by atoms with Gasteiger partial charge in [0.2, 0.25) is 5.88 Å². The summed E-state index contributed by atoms with van der Waals surface area (Å²) in [4.78, 5) is 23.0. The Hall–Kier alpha value is -3.57. The Kier molecular flexibility index (Phi) is 8.60. The summed E-state index contributed by atoms with van der Waals surface area (Å²) >= 11 is 5.82. The van der Waals surface area contributed by atoms with Crippen LogP contribution in [0.3, 0.4) is 0 Å². The normalized spacial score (nSPS) is 17.8. The van der Waals surface area contributed by atoms with E-state index in [1.54, 1.807) is 43.5 Å². The fourth-order valence-corrected chi connectivity index (χ4v) is 5.21. The number of halogens is 2. The van der Waals surface area contributed by atoms with Gasteiger partial charge in [-0.1, -0.05) is 23.7 Å². The molecule has 1 aliphatic rings. The molecule has 0 unspecified atom stereocenters. The molecule has 2 aromatic heterocycles. The van der Waals surface area contributed by atoms with Crippen molar-refractivity contribution >= 4 is 28.6 Å². The van der Waals surface area contributed by atoms with Crippen molar-refractivity contribution in [2.24, 2.45) is 0 Å². The molecule has 2 N–H and O–H groups in total. The molecule has 40 heavy (non-hydrogen) atoms. The number of carbonyl (C=O) groups is 1. The van der Waals surface area contributed by atoms with Gasteiger partial charge in [0.15, 0.2) is 0 Å². The summed E-state index contributed by atoms with van der Waals surface area (Å²) in [7, 11) is 1.62. The summed E-state index contributed by atoms with van der Waals surface area (Å²) in [5.74, 6) is -0.479. The number of aromatic nitrogens is 3. The van der Waals surface area contributed by atoms with Gasteiger partial charge >= 0.3 is 5.97 Å². The third-order valence-corrected chi connectivity index (χ3v) is 7.38. The molecule has 0 spiro atoms. The Labute approximate surface area is 235 Å². The lowest BCUT2D eigenvalue weighted by Gasteiger charge is -2.35. The van der Waals surface area contributed by atoms with Gasteiger partial charge in [-0.3, -0.25) is 4.90 Å². The minimum absolute atomic E-state index is 0.0124. The highest BCUT2D eigenvalue weighted by atomic mass is 35.5. The molecule has 11 heteroatoms. The van der Waals surface area contributed by atoms with E-state index in [1.807, 2.05) is 16.7 Å². The summed E-state index contributed by atoms with van der Waals surface area (Å²) in [6, 6.07) is 14.7. The molecule has 210 valence electrons. The Morgan fingerprint density at radius 1 is 1.18 bits per heavy atom. The maximum absolute atomic E-state index is 14.1. The molecule has 0 amide bonds. The van der Waals surface area contributed by atoms with Crippen LogP contribution in [0.4, 0.5) is 4.39 Å². The van der Waals surface area contributed by atoms with Gasteiger partial charge in [-0.25, -0.2) is 19.2 Å². The number of hydrogen-bond acceptors (Lipinski definition) is 7. The molecular weight excluding hydrogens is 539 g/mol. The highest BCUT2D eigenvalue weighted by Crippen LogP contribution is 2.30. The number of fused-ring (bicyclic) bond motifs is 1. The highest BCUT2D eigenvalue weighted by Gasteiger charge is 2.31. The molecule has 0 radical (unpaired) electrons. The van der Waals surface area contributed by atoms with E-state index in [2.05, 4.69) is 9.88 Å². The number of imidazole rings is 1. The molecule has 2 atom stereocenters. The first-order valence-corrected chi connectivity index (χ1v) is 13.4. The van der Waals surface area contributed by atoms with Gasteiger partial charge < -0.3 is 24.3 Å². The monoisotopic (exact) mass is 568 g/mol. The molecule has 5 rings (SSSR count). The molecule has 1 saturated heterocycles. The van der Waals surface area contributed by atoms with Crippen molar-refractivity contribution in [2.45, 2.75) is 38.1 Å². The number of ether oxygens (including phenoxy) is 2. The lowest BCUT2D eigenvalue weighted by Crippen LogP contribution is -2.43. The van der Waals surface area contributed by atoms with Gasteiger partial charge in [-0.2, -0.15) is 0 Å². The zero-order chi connectivity index (χ0) is 28.2. The van der Waals surface area contributed by atoms with Crippen LogP contribution in [0.15, 0.2) is 54.6 Å². The largest absolute Gasteiger partial charge is 0.478 e. The summed E-state index contributed by atoms with van der Waals surface area (Å²) in [6.07, 6.45) is 0.00544. The topological polar surface area (TPSA) is 110 Å². The number of piperidine rings is 1. The van der Waals surface area contributed by atoms with Crippen molar-refractivity contribution in [3.05, 3.63) is 88.1 Å². The second kappa shape index (κ2) is 12.3. The second-order valence-electron chi connectivity index (χ2n) is 9.80. The molecule has 1 aliphatic heterocycles. The third-order valence-electron chi connectivity index (χ3n) is 7.14. The summed E-state index contributed by atoms with van der Waals surface area (Å²) < 4.78 is 27.1. The molecule has 0 bridgehead atoms. The average Bonchev–Trinajstić information content (AvgIpc) is 3.27. The van der Waals surface area contributed by atoms with Crippen LogP contribution in [0, 0.1) is 5.82 Å². The number of pyridine rings is 1. The van der Waals surface area contributed by atoms with Crippen LogP contribution in [0.5, 0.6) is 5.88 Å². The number of rotatable bonds is 10. The quantitative estimate of drug-likeness (QED) is 0.288. The van der Waals surface area contributed by atoms with E-state index >= 15 is 0 Å². The lowest BCUT2D eigenvalue weighted by molar-refractivity contribution is 0.0444. The fourth-order valence-electron chi connectivity index (χ4n) is 5.05. The van der Waals surface area contributed by atoms with Gasteiger partial charge in [0.05, 0.1) is 41.5 Å². The zero-order valence-corrected chi connectivity index (χ0v) is 22.7. The van der Waals surface area contributed by atoms with Crippen LogP contribution in [-0.2, 0) is 24.4 Å². The molecule has 2 aromatic carbocycles. The molecule has 4 aromatic rings. The summed E-state index contributed by atoms with van der Waals surface area (Å²) in [5, 5.41) is 20.8. The van der Waals surface area contributed by atoms with Gasteiger partial charge in [0, 0.05) is 42.8 Å². The average molecular weight is 569 g/mol. The summed E-state index contributed by atoms with van der Waals surface area (Å²) in [5.41, 5.74) is 2.74. The molecular formula is C29H30ClFN4O5. The number of benzene rings is 2. The number of methoxy groups -OCH3 is 1. The van der Waals surface area contributed by atoms with Crippen LogP contribution < -0.4 is 4.74 Å². The van der Waals surface area contributed by atoms with Crippen molar-refractivity contribution in [1.29, 1.82) is 0 Å². The first-order chi connectivity index (χ1) is 19.3. The third kappa shape index (κ3) is 6.26. The standard InChI is InChI=1S/C29H30ClFN4O5/c1-39-12-11-35-25-13-18(29(37)38)6-8-24(25)32-27(35)16-34-10-9-21(26(36)15-34)23-3-2-4-28(33-23)40-17-19-5-7-20(30)14-22(19)31/h2-8,13-14,21,26,36H,9-12,15-17H2,1H3,(H,37,38)/t21-,26-/m1/s1. The number of β-amino-alcohol motifs (C(OH)–C–C–N with tert-alkyl or cyclic N) is 1. The predicted molar refractivity (Wildman–Crippen MR) is 147 cm³/mol. The van der Waals surface area contributed by atoms with E-state index < -0.39 is 17.9 Å². The SMILES string of the molecule is COCCn1c(CN2CC[C@H](c3cccc(OCc4ccc(Cl)cc4F)n3)[C@H](O)C2)nc2ccc(C(=O)O)cc21. The van der Waals surface area contributed by atoms with E-state index in [4.69, 9.17) is 26.1 Å². The number of aromatic carboxylic acids is 1. The van der Waals surface area contributed by atoms with E-state index in [0.717, 1.165) is 17.0 Å². The van der Waals surface area contributed by atoms with Gasteiger partial charge in [-0.05, 0) is 49.4 Å². The molecule has 0 saturated carbocycles. The Morgan fingerprint density at radius 2 is 2.02 bits per heavy atom. The fraction of sp³-hybridized carbons (Fsp3) is 0.345.